The molecule has 3 heterocycles. The van der Waals surface area contributed by atoms with Crippen LogP contribution in [0.2, 0.25) is 0 Å². The molecule has 1 N–H and O–H groups in total. The number of pyridine rings is 1. The summed E-state index contributed by atoms with van der Waals surface area (Å²) in [5, 5.41) is 2.93. The summed E-state index contributed by atoms with van der Waals surface area (Å²) >= 11 is 0. The van der Waals surface area contributed by atoms with Crippen LogP contribution in [-0.4, -0.2) is 56.0 Å². The molecule has 0 atom stereocenters. The molecule has 28 heavy (non-hydrogen) atoms. The summed E-state index contributed by atoms with van der Waals surface area (Å²) in [6.45, 7) is 3.14. The van der Waals surface area contributed by atoms with Gasteiger partial charge in [0, 0.05) is 44.4 Å². The second-order valence-corrected chi connectivity index (χ2v) is 6.56. The number of anilines is 1. The van der Waals surface area contributed by atoms with Crippen LogP contribution in [0.15, 0.2) is 30.3 Å². The fourth-order valence-electron chi connectivity index (χ4n) is 3.20. The predicted molar refractivity (Wildman–Crippen MR) is 102 cm³/mol. The minimum atomic E-state index is -0.150. The summed E-state index contributed by atoms with van der Waals surface area (Å²) in [7, 11) is 1.63. The Balaban J connectivity index is 1.38. The lowest BCUT2D eigenvalue weighted by atomic mass is 10.1. The second kappa shape index (κ2) is 8.35. The van der Waals surface area contributed by atoms with E-state index >= 15 is 0 Å². The van der Waals surface area contributed by atoms with Gasteiger partial charge in [0.1, 0.15) is 19.8 Å². The molecule has 8 heteroatoms. The fraction of sp³-hybridized carbons (Fsp3) is 0.400. The van der Waals surface area contributed by atoms with Crippen LogP contribution in [0.1, 0.15) is 11.3 Å². The minimum absolute atomic E-state index is 0.150. The van der Waals surface area contributed by atoms with Crippen molar-refractivity contribution in [3.05, 3.63) is 41.6 Å². The summed E-state index contributed by atoms with van der Waals surface area (Å²) < 4.78 is 21.6. The molecule has 1 aromatic heterocycles. The maximum Gasteiger partial charge on any atom is 0.322 e. The Hall–Kier alpha value is -3.00. The topological polar surface area (TPSA) is 82.2 Å². The van der Waals surface area contributed by atoms with Crippen molar-refractivity contribution < 1.29 is 23.7 Å². The SMILES string of the molecule is COCCOc1ccc2c(n1)CCN(C(=O)Nc1ccc3c(c1)OCCO3)C2. The first-order valence-electron chi connectivity index (χ1n) is 9.29. The first kappa shape index (κ1) is 18.4. The van der Waals surface area contributed by atoms with Crippen molar-refractivity contribution in [2.75, 3.05) is 45.4 Å². The van der Waals surface area contributed by atoms with Crippen molar-refractivity contribution in [3.63, 3.8) is 0 Å². The summed E-state index contributed by atoms with van der Waals surface area (Å²) in [6.07, 6.45) is 0.686. The van der Waals surface area contributed by atoms with E-state index in [1.54, 1.807) is 18.1 Å². The van der Waals surface area contributed by atoms with Gasteiger partial charge in [0.2, 0.25) is 5.88 Å². The average Bonchev–Trinajstić information content (AvgIpc) is 2.73. The van der Waals surface area contributed by atoms with Crippen LogP contribution in [-0.2, 0) is 17.7 Å². The number of hydrogen-bond acceptors (Lipinski definition) is 6. The third-order valence-electron chi connectivity index (χ3n) is 4.64. The van der Waals surface area contributed by atoms with Crippen LogP contribution >= 0.6 is 0 Å². The van der Waals surface area contributed by atoms with Gasteiger partial charge in [0.15, 0.2) is 11.5 Å². The Morgan fingerprint density at radius 2 is 2.04 bits per heavy atom. The molecule has 0 spiro atoms. The fourth-order valence-corrected chi connectivity index (χ4v) is 3.20. The van der Waals surface area contributed by atoms with Crippen LogP contribution in [0.3, 0.4) is 0 Å². The highest BCUT2D eigenvalue weighted by Gasteiger charge is 2.23. The standard InChI is InChI=1S/C20H23N3O5/c1-25-8-9-28-19-5-2-14-13-23(7-6-16(14)22-19)20(24)21-15-3-4-17-18(12-15)27-11-10-26-17/h2-5,12H,6-11,13H2,1H3,(H,21,24). The van der Waals surface area contributed by atoms with E-state index in [0.717, 1.165) is 11.3 Å². The third-order valence-corrected chi connectivity index (χ3v) is 4.64. The van der Waals surface area contributed by atoms with Crippen molar-refractivity contribution >= 4 is 11.7 Å². The van der Waals surface area contributed by atoms with Gasteiger partial charge in [-0.3, -0.25) is 0 Å². The quantitative estimate of drug-likeness (QED) is 0.797. The van der Waals surface area contributed by atoms with Crippen molar-refractivity contribution in [2.45, 2.75) is 13.0 Å². The zero-order valence-corrected chi connectivity index (χ0v) is 15.8. The van der Waals surface area contributed by atoms with Crippen molar-refractivity contribution in [1.82, 2.24) is 9.88 Å². The Labute approximate surface area is 163 Å². The Kier molecular flexibility index (Phi) is 5.48. The highest BCUT2D eigenvalue weighted by atomic mass is 16.6. The average molecular weight is 385 g/mol. The second-order valence-electron chi connectivity index (χ2n) is 6.56. The molecule has 148 valence electrons. The van der Waals surface area contributed by atoms with Gasteiger partial charge in [0.25, 0.3) is 0 Å². The highest BCUT2D eigenvalue weighted by Crippen LogP contribution is 2.32. The molecule has 4 rings (SSSR count). The molecule has 2 aromatic rings. The van der Waals surface area contributed by atoms with Gasteiger partial charge in [-0.15, -0.1) is 0 Å². The molecule has 2 amide bonds. The van der Waals surface area contributed by atoms with Crippen molar-refractivity contribution in [1.29, 1.82) is 0 Å². The van der Waals surface area contributed by atoms with E-state index in [1.165, 1.54) is 0 Å². The number of carbonyl (C=O) groups excluding carboxylic acids is 1. The Bertz CT molecular complexity index is 858. The molecular weight excluding hydrogens is 362 g/mol. The van der Waals surface area contributed by atoms with Gasteiger partial charge >= 0.3 is 6.03 Å². The number of rotatable bonds is 5. The maximum atomic E-state index is 12.7. The number of nitrogens with one attached hydrogen (secondary N) is 1. The first-order chi connectivity index (χ1) is 13.7. The van der Waals surface area contributed by atoms with E-state index in [2.05, 4.69) is 10.3 Å². The maximum absolute atomic E-state index is 12.7. The van der Waals surface area contributed by atoms with Crippen molar-refractivity contribution in [3.8, 4) is 17.4 Å². The summed E-state index contributed by atoms with van der Waals surface area (Å²) in [5.41, 5.74) is 2.68. The van der Waals surface area contributed by atoms with Crippen LogP contribution < -0.4 is 19.5 Å². The van der Waals surface area contributed by atoms with Gasteiger partial charge in [-0.2, -0.15) is 0 Å². The third kappa shape index (κ3) is 4.12. The number of carbonyl (C=O) groups is 1. The van der Waals surface area contributed by atoms with Crippen LogP contribution in [0.4, 0.5) is 10.5 Å². The smallest absolute Gasteiger partial charge is 0.322 e. The number of methoxy groups -OCH3 is 1. The zero-order valence-electron chi connectivity index (χ0n) is 15.8. The number of aromatic nitrogens is 1. The van der Waals surface area contributed by atoms with Crippen molar-refractivity contribution in [2.24, 2.45) is 0 Å². The van der Waals surface area contributed by atoms with Gasteiger partial charge in [-0.1, -0.05) is 6.07 Å². The molecule has 0 saturated carbocycles. The molecular formula is C20H23N3O5. The largest absolute Gasteiger partial charge is 0.486 e. The number of amides is 2. The molecule has 2 aliphatic rings. The summed E-state index contributed by atoms with van der Waals surface area (Å²) in [4.78, 5) is 19.0. The van der Waals surface area contributed by atoms with Gasteiger partial charge < -0.3 is 29.2 Å². The lowest BCUT2D eigenvalue weighted by molar-refractivity contribution is 0.143. The molecule has 0 aliphatic carbocycles. The first-order valence-corrected chi connectivity index (χ1v) is 9.29. The molecule has 0 unspecified atom stereocenters. The summed E-state index contributed by atoms with van der Waals surface area (Å²) in [5.74, 6) is 1.94. The van der Waals surface area contributed by atoms with Gasteiger partial charge in [0.05, 0.1) is 12.3 Å². The molecule has 8 nitrogen and oxygen atoms in total. The molecule has 2 aliphatic heterocycles. The number of benzene rings is 1. The Morgan fingerprint density at radius 1 is 1.18 bits per heavy atom. The highest BCUT2D eigenvalue weighted by molar-refractivity contribution is 5.90. The van der Waals surface area contributed by atoms with E-state index < -0.39 is 0 Å². The number of nitrogens with zero attached hydrogens (tertiary/aromatic N) is 2. The minimum Gasteiger partial charge on any atom is -0.486 e. The molecule has 0 fully saturated rings. The number of fused-ring (bicyclic) bond motifs is 2. The van der Waals surface area contributed by atoms with Gasteiger partial charge in [-0.05, 0) is 17.7 Å². The van der Waals surface area contributed by atoms with E-state index in [9.17, 15) is 4.79 Å². The number of hydrogen-bond donors (Lipinski definition) is 1. The summed E-state index contributed by atoms with van der Waals surface area (Å²) in [6, 6.07) is 9.06. The monoisotopic (exact) mass is 385 g/mol. The normalized spacial score (nSPS) is 15.0. The lowest BCUT2D eigenvalue weighted by Gasteiger charge is -2.28. The van der Waals surface area contributed by atoms with E-state index in [0.29, 0.717) is 69.0 Å². The van der Waals surface area contributed by atoms with Crippen LogP contribution in [0, 0.1) is 0 Å². The number of ether oxygens (including phenoxy) is 4. The molecule has 0 bridgehead atoms. The molecule has 1 aromatic carbocycles. The van der Waals surface area contributed by atoms with E-state index in [4.69, 9.17) is 18.9 Å². The predicted octanol–water partition coefficient (Wildman–Crippen LogP) is 2.47. The van der Waals surface area contributed by atoms with E-state index in [-0.39, 0.29) is 6.03 Å². The van der Waals surface area contributed by atoms with E-state index in [1.807, 2.05) is 24.3 Å². The lowest BCUT2D eigenvalue weighted by Crippen LogP contribution is -2.39. The Morgan fingerprint density at radius 3 is 2.89 bits per heavy atom. The van der Waals surface area contributed by atoms with Crippen LogP contribution in [0.25, 0.3) is 0 Å². The van der Waals surface area contributed by atoms with Crippen LogP contribution in [0.5, 0.6) is 17.4 Å². The zero-order chi connectivity index (χ0) is 19.3. The number of urea groups is 1. The molecule has 0 radical (unpaired) electrons. The molecule has 0 saturated heterocycles. The van der Waals surface area contributed by atoms with Gasteiger partial charge in [-0.25, -0.2) is 9.78 Å².